The molecule has 1 heterocycles. The highest BCUT2D eigenvalue weighted by Gasteiger charge is 2.30. The lowest BCUT2D eigenvalue weighted by molar-refractivity contribution is 0.243. The topological polar surface area (TPSA) is 85.1 Å². The van der Waals surface area contributed by atoms with E-state index in [0.717, 1.165) is 19.3 Å². The Hall–Kier alpha value is -0.950. The zero-order chi connectivity index (χ0) is 12.5. The second-order valence-electron chi connectivity index (χ2n) is 4.55. The Bertz CT molecular complexity index is 483. The summed E-state index contributed by atoms with van der Waals surface area (Å²) in [5, 5.41) is 12.9. The Morgan fingerprint density at radius 2 is 2.29 bits per heavy atom. The van der Waals surface area contributed by atoms with Crippen LogP contribution in [0.1, 0.15) is 37.5 Å². The van der Waals surface area contributed by atoms with E-state index in [-0.39, 0.29) is 17.9 Å². The number of nitrogens with zero attached hydrogens (tertiary/aromatic N) is 3. The first-order valence-corrected chi connectivity index (χ1v) is 7.66. The molecular weight excluding hydrogens is 242 g/mol. The van der Waals surface area contributed by atoms with Gasteiger partial charge in [0.1, 0.15) is 22.8 Å². The van der Waals surface area contributed by atoms with Crippen LogP contribution in [0.4, 0.5) is 0 Å². The van der Waals surface area contributed by atoms with Crippen LogP contribution in [0.15, 0.2) is 6.33 Å². The minimum Gasteiger partial charge on any atom is -0.388 e. The summed E-state index contributed by atoms with van der Waals surface area (Å²) in [6, 6.07) is 0.0353. The quantitative estimate of drug-likeness (QED) is 0.843. The van der Waals surface area contributed by atoms with Gasteiger partial charge in [-0.05, 0) is 19.3 Å². The summed E-state index contributed by atoms with van der Waals surface area (Å²) in [6.07, 6.45) is 5.73. The molecule has 1 aliphatic rings. The molecule has 17 heavy (non-hydrogen) atoms. The molecule has 7 heteroatoms. The molecule has 1 saturated carbocycles. The predicted molar refractivity (Wildman–Crippen MR) is 62.1 cm³/mol. The van der Waals surface area contributed by atoms with Crippen molar-refractivity contribution in [2.24, 2.45) is 0 Å². The molecule has 1 aromatic rings. The van der Waals surface area contributed by atoms with Crippen molar-refractivity contribution in [3.63, 3.8) is 0 Å². The van der Waals surface area contributed by atoms with E-state index >= 15 is 0 Å². The lowest BCUT2D eigenvalue weighted by Crippen LogP contribution is -2.30. The lowest BCUT2D eigenvalue weighted by Gasteiger charge is -2.28. The van der Waals surface area contributed by atoms with E-state index in [1.165, 1.54) is 12.6 Å². The Labute approximate surface area is 101 Å². The van der Waals surface area contributed by atoms with Crippen LogP contribution in [0.5, 0.6) is 0 Å². The third-order valence-corrected chi connectivity index (χ3v) is 4.98. The molecule has 1 fully saturated rings. The average molecular weight is 259 g/mol. The monoisotopic (exact) mass is 259 g/mol. The van der Waals surface area contributed by atoms with Crippen LogP contribution in [-0.2, 0) is 16.4 Å². The molecule has 0 saturated heterocycles. The highest BCUT2D eigenvalue weighted by molar-refractivity contribution is 7.91. The number of aromatic nitrogens is 3. The second kappa shape index (κ2) is 4.73. The molecule has 2 rings (SSSR count). The average Bonchev–Trinajstić information content (AvgIpc) is 2.76. The Morgan fingerprint density at radius 3 is 2.94 bits per heavy atom. The summed E-state index contributed by atoms with van der Waals surface area (Å²) in [7, 11) is -2.99. The van der Waals surface area contributed by atoms with E-state index in [1.807, 2.05) is 0 Å². The predicted octanol–water partition coefficient (Wildman–Crippen LogP) is 0.299. The van der Waals surface area contributed by atoms with Crippen molar-refractivity contribution in [3.8, 4) is 0 Å². The van der Waals surface area contributed by atoms with Gasteiger partial charge in [0.25, 0.3) is 0 Å². The van der Waals surface area contributed by atoms with E-state index < -0.39 is 9.84 Å². The van der Waals surface area contributed by atoms with Crippen LogP contribution in [0.25, 0.3) is 0 Å². The SMILES string of the molecule is CS(=O)(=O)C1CCCC(n2ncnc2CO)C1. The van der Waals surface area contributed by atoms with Crippen LogP contribution < -0.4 is 0 Å². The van der Waals surface area contributed by atoms with Gasteiger partial charge >= 0.3 is 0 Å². The molecule has 6 nitrogen and oxygen atoms in total. The van der Waals surface area contributed by atoms with Gasteiger partial charge in [-0.3, -0.25) is 0 Å². The van der Waals surface area contributed by atoms with Crippen molar-refractivity contribution >= 4 is 9.84 Å². The normalized spacial score (nSPS) is 26.0. The van der Waals surface area contributed by atoms with Gasteiger partial charge in [0.2, 0.25) is 0 Å². The lowest BCUT2D eigenvalue weighted by atomic mass is 9.95. The maximum Gasteiger partial charge on any atom is 0.152 e. The summed E-state index contributed by atoms with van der Waals surface area (Å²) in [6.45, 7) is -0.167. The fourth-order valence-electron chi connectivity index (χ4n) is 2.42. The molecule has 1 N–H and O–H groups in total. The molecular formula is C10H17N3O3S. The van der Waals surface area contributed by atoms with Gasteiger partial charge in [0.15, 0.2) is 5.82 Å². The summed E-state index contributed by atoms with van der Waals surface area (Å²) in [5.41, 5.74) is 0. The van der Waals surface area contributed by atoms with Crippen LogP contribution in [0.2, 0.25) is 0 Å². The molecule has 0 bridgehead atoms. The van der Waals surface area contributed by atoms with Crippen LogP contribution in [-0.4, -0.2) is 39.8 Å². The smallest absolute Gasteiger partial charge is 0.152 e. The fourth-order valence-corrected chi connectivity index (χ4v) is 3.59. The molecule has 0 aliphatic heterocycles. The van der Waals surface area contributed by atoms with Gasteiger partial charge in [-0.2, -0.15) is 5.10 Å². The molecule has 0 amide bonds. The van der Waals surface area contributed by atoms with Crippen LogP contribution >= 0.6 is 0 Å². The molecule has 1 aliphatic carbocycles. The van der Waals surface area contributed by atoms with Gasteiger partial charge < -0.3 is 5.11 Å². The first-order chi connectivity index (χ1) is 8.02. The fraction of sp³-hybridized carbons (Fsp3) is 0.800. The molecule has 0 aromatic carbocycles. The van der Waals surface area contributed by atoms with Gasteiger partial charge in [-0.25, -0.2) is 18.1 Å². The van der Waals surface area contributed by atoms with Gasteiger partial charge in [-0.15, -0.1) is 0 Å². The Balaban J connectivity index is 2.18. The van der Waals surface area contributed by atoms with Crippen molar-refractivity contribution in [1.82, 2.24) is 14.8 Å². The molecule has 0 radical (unpaired) electrons. The van der Waals surface area contributed by atoms with Crippen LogP contribution in [0, 0.1) is 0 Å². The molecule has 2 atom stereocenters. The van der Waals surface area contributed by atoms with Crippen molar-refractivity contribution in [1.29, 1.82) is 0 Å². The highest BCUT2D eigenvalue weighted by atomic mass is 32.2. The third kappa shape index (κ3) is 2.66. The minimum atomic E-state index is -2.99. The zero-order valence-electron chi connectivity index (χ0n) is 9.78. The van der Waals surface area contributed by atoms with Gasteiger partial charge in [0, 0.05) is 6.26 Å². The van der Waals surface area contributed by atoms with Gasteiger partial charge in [0.05, 0.1) is 11.3 Å². The summed E-state index contributed by atoms with van der Waals surface area (Å²) < 4.78 is 24.8. The first kappa shape index (κ1) is 12.5. The van der Waals surface area contributed by atoms with E-state index in [4.69, 9.17) is 5.11 Å². The maximum atomic E-state index is 11.6. The summed E-state index contributed by atoms with van der Waals surface area (Å²) >= 11 is 0. The molecule has 96 valence electrons. The summed E-state index contributed by atoms with van der Waals surface area (Å²) in [4.78, 5) is 3.95. The molecule has 1 aromatic heterocycles. The Morgan fingerprint density at radius 1 is 1.53 bits per heavy atom. The number of rotatable bonds is 3. The molecule has 2 unspecified atom stereocenters. The number of sulfone groups is 1. The first-order valence-electron chi connectivity index (χ1n) is 5.70. The highest BCUT2D eigenvalue weighted by Crippen LogP contribution is 2.31. The van der Waals surface area contributed by atoms with Crippen molar-refractivity contribution < 1.29 is 13.5 Å². The van der Waals surface area contributed by atoms with E-state index in [0.29, 0.717) is 12.2 Å². The number of aliphatic hydroxyl groups excluding tert-OH is 1. The number of hydrogen-bond donors (Lipinski definition) is 1. The second-order valence-corrected chi connectivity index (χ2v) is 6.88. The van der Waals surface area contributed by atoms with E-state index in [9.17, 15) is 8.42 Å². The van der Waals surface area contributed by atoms with E-state index in [1.54, 1.807) is 4.68 Å². The minimum absolute atomic E-state index is 0.0353. The largest absolute Gasteiger partial charge is 0.388 e. The van der Waals surface area contributed by atoms with Gasteiger partial charge in [-0.1, -0.05) is 6.42 Å². The number of hydrogen-bond acceptors (Lipinski definition) is 5. The maximum absolute atomic E-state index is 11.6. The Kier molecular flexibility index (Phi) is 3.48. The van der Waals surface area contributed by atoms with E-state index in [2.05, 4.69) is 10.1 Å². The van der Waals surface area contributed by atoms with Crippen LogP contribution in [0.3, 0.4) is 0 Å². The van der Waals surface area contributed by atoms with Crippen molar-refractivity contribution in [3.05, 3.63) is 12.2 Å². The van der Waals surface area contributed by atoms with Crippen molar-refractivity contribution in [2.75, 3.05) is 6.26 Å². The number of aliphatic hydroxyl groups is 1. The molecule has 0 spiro atoms. The zero-order valence-corrected chi connectivity index (χ0v) is 10.6. The van der Waals surface area contributed by atoms with Crippen molar-refractivity contribution in [2.45, 2.75) is 43.6 Å². The third-order valence-electron chi connectivity index (χ3n) is 3.34. The summed E-state index contributed by atoms with van der Waals surface area (Å²) in [5.74, 6) is 0.504. The standard InChI is InChI=1S/C10H17N3O3S/c1-17(15,16)9-4-2-3-8(5-9)13-10(6-14)11-7-12-13/h7-9,14H,2-6H2,1H3.